The van der Waals surface area contributed by atoms with Gasteiger partial charge in [0.2, 0.25) is 11.8 Å². The molecule has 4 N–H and O–H groups in total. The number of hydrogen-bond donors (Lipinski definition) is 4. The number of nitrogens with zero attached hydrogens (tertiary/aromatic N) is 1. The van der Waals surface area contributed by atoms with Crippen LogP contribution in [0.3, 0.4) is 0 Å². The number of benzene rings is 1. The molecular formula is C24H32N4O6. The number of piperidine rings is 1. The fourth-order valence-corrected chi connectivity index (χ4v) is 3.97. The van der Waals surface area contributed by atoms with Crippen LogP contribution in [0.4, 0.5) is 4.79 Å². The molecular weight excluding hydrogens is 440 g/mol. The molecule has 3 rings (SSSR count). The molecule has 2 aromatic rings. The number of alkyl carbamates (subject to hydrolysis) is 1. The van der Waals surface area contributed by atoms with Crippen molar-refractivity contribution in [2.24, 2.45) is 5.92 Å². The van der Waals surface area contributed by atoms with Gasteiger partial charge in [-0.05, 0) is 45.2 Å². The van der Waals surface area contributed by atoms with Gasteiger partial charge in [0, 0.05) is 42.5 Å². The number of aromatic nitrogens is 1. The van der Waals surface area contributed by atoms with Gasteiger partial charge in [-0.3, -0.25) is 9.59 Å². The van der Waals surface area contributed by atoms with Gasteiger partial charge in [0.25, 0.3) is 0 Å². The first-order valence-electron chi connectivity index (χ1n) is 11.4. The van der Waals surface area contributed by atoms with Gasteiger partial charge in [0.15, 0.2) is 0 Å². The number of H-pyrrole nitrogens is 1. The van der Waals surface area contributed by atoms with Crippen LogP contribution >= 0.6 is 0 Å². The van der Waals surface area contributed by atoms with E-state index in [1.165, 1.54) is 0 Å². The summed E-state index contributed by atoms with van der Waals surface area (Å²) in [6.45, 7) is 5.73. The van der Waals surface area contributed by atoms with Crippen molar-refractivity contribution in [2.45, 2.75) is 51.7 Å². The van der Waals surface area contributed by atoms with E-state index in [1.54, 1.807) is 31.9 Å². The number of carboxylic acid groups (broad SMARTS) is 1. The molecule has 0 unspecified atom stereocenters. The standard InChI is InChI=1S/C24H32N4O6/c1-24(2,3)34-23(33)26-14-20(29)28-10-8-15(9-11-28)21(30)27-19(22(31)32)12-16-13-25-18-7-5-4-6-17(16)18/h4-7,13,15,19,25H,8-12,14H2,1-3H3,(H,26,33)(H,27,30)(H,31,32)/t19-/m0/s1. The Kier molecular flexibility index (Phi) is 7.80. The monoisotopic (exact) mass is 472 g/mol. The van der Waals surface area contributed by atoms with Crippen molar-refractivity contribution >= 4 is 34.8 Å². The summed E-state index contributed by atoms with van der Waals surface area (Å²) in [6.07, 6.45) is 2.11. The van der Waals surface area contributed by atoms with Gasteiger partial charge in [-0.15, -0.1) is 0 Å². The number of ether oxygens (including phenoxy) is 1. The van der Waals surface area contributed by atoms with Crippen LogP contribution in [-0.4, -0.2) is 70.1 Å². The average Bonchev–Trinajstić information content (AvgIpc) is 3.18. The lowest BCUT2D eigenvalue weighted by Gasteiger charge is -2.32. The summed E-state index contributed by atoms with van der Waals surface area (Å²) in [5.41, 5.74) is 1.08. The number of rotatable bonds is 7. The van der Waals surface area contributed by atoms with Crippen molar-refractivity contribution in [3.8, 4) is 0 Å². The van der Waals surface area contributed by atoms with E-state index in [0.717, 1.165) is 16.5 Å². The minimum atomic E-state index is -1.10. The largest absolute Gasteiger partial charge is 0.480 e. The number of nitrogens with one attached hydrogen (secondary N) is 3. The van der Waals surface area contributed by atoms with Crippen LogP contribution in [0.1, 0.15) is 39.2 Å². The van der Waals surface area contributed by atoms with E-state index in [-0.39, 0.29) is 30.7 Å². The third kappa shape index (κ3) is 6.72. The lowest BCUT2D eigenvalue weighted by Crippen LogP contribution is -2.49. The second kappa shape index (κ2) is 10.6. The molecule has 1 aliphatic heterocycles. The fraction of sp³-hybridized carbons (Fsp3) is 0.500. The Morgan fingerprint density at radius 2 is 1.85 bits per heavy atom. The lowest BCUT2D eigenvalue weighted by molar-refractivity contribution is -0.143. The summed E-state index contributed by atoms with van der Waals surface area (Å²) in [5.74, 6) is -2.06. The minimum absolute atomic E-state index is 0.165. The number of aromatic amines is 1. The number of carbonyl (C=O) groups is 4. The highest BCUT2D eigenvalue weighted by Crippen LogP contribution is 2.21. The first-order chi connectivity index (χ1) is 16.0. The normalized spacial score (nSPS) is 15.6. The topological polar surface area (TPSA) is 141 Å². The number of para-hydroxylation sites is 1. The first kappa shape index (κ1) is 25.1. The van der Waals surface area contributed by atoms with Crippen molar-refractivity contribution in [1.29, 1.82) is 0 Å². The molecule has 10 heteroatoms. The van der Waals surface area contributed by atoms with Gasteiger partial charge in [0.1, 0.15) is 18.2 Å². The second-order valence-electron chi connectivity index (χ2n) is 9.47. The zero-order valence-electron chi connectivity index (χ0n) is 19.7. The van der Waals surface area contributed by atoms with E-state index in [9.17, 15) is 24.3 Å². The third-order valence-electron chi connectivity index (χ3n) is 5.71. The van der Waals surface area contributed by atoms with Crippen LogP contribution in [0.15, 0.2) is 30.5 Å². The highest BCUT2D eigenvalue weighted by molar-refractivity contribution is 5.88. The number of carboxylic acids is 1. The maximum Gasteiger partial charge on any atom is 0.408 e. The highest BCUT2D eigenvalue weighted by atomic mass is 16.6. The maximum atomic E-state index is 12.8. The number of aliphatic carboxylic acids is 1. The second-order valence-corrected chi connectivity index (χ2v) is 9.47. The molecule has 2 heterocycles. The van der Waals surface area contributed by atoms with Gasteiger partial charge in [-0.1, -0.05) is 18.2 Å². The number of likely N-dealkylation sites (tertiary alicyclic amines) is 1. The number of amides is 3. The summed E-state index contributed by atoms with van der Waals surface area (Å²) >= 11 is 0. The Morgan fingerprint density at radius 1 is 1.18 bits per heavy atom. The zero-order chi connectivity index (χ0) is 24.9. The Balaban J connectivity index is 1.48. The van der Waals surface area contributed by atoms with Gasteiger partial charge in [-0.2, -0.15) is 0 Å². The molecule has 1 aliphatic rings. The molecule has 1 saturated heterocycles. The van der Waals surface area contributed by atoms with Crippen molar-refractivity contribution in [3.63, 3.8) is 0 Å². The SMILES string of the molecule is CC(C)(C)OC(=O)NCC(=O)N1CCC(C(=O)N[C@@H](Cc2c[nH]c3ccccc23)C(=O)O)CC1. The Bertz CT molecular complexity index is 1050. The van der Waals surface area contributed by atoms with Crippen molar-refractivity contribution < 1.29 is 29.0 Å². The summed E-state index contributed by atoms with van der Waals surface area (Å²) in [5, 5.41) is 15.7. The molecule has 1 aromatic heterocycles. The first-order valence-corrected chi connectivity index (χ1v) is 11.4. The van der Waals surface area contributed by atoms with Gasteiger partial charge in [-0.25, -0.2) is 9.59 Å². The van der Waals surface area contributed by atoms with Crippen molar-refractivity contribution in [1.82, 2.24) is 20.5 Å². The summed E-state index contributed by atoms with van der Waals surface area (Å²) in [4.78, 5) is 53.4. The Morgan fingerprint density at radius 3 is 2.50 bits per heavy atom. The average molecular weight is 473 g/mol. The molecule has 0 bridgehead atoms. The molecule has 0 saturated carbocycles. The number of fused-ring (bicyclic) bond motifs is 1. The molecule has 1 atom stereocenters. The molecule has 10 nitrogen and oxygen atoms in total. The van der Waals surface area contributed by atoms with Crippen LogP contribution in [0.2, 0.25) is 0 Å². The van der Waals surface area contributed by atoms with E-state index >= 15 is 0 Å². The predicted molar refractivity (Wildman–Crippen MR) is 125 cm³/mol. The van der Waals surface area contributed by atoms with E-state index in [2.05, 4.69) is 15.6 Å². The molecule has 34 heavy (non-hydrogen) atoms. The zero-order valence-corrected chi connectivity index (χ0v) is 19.7. The number of carbonyl (C=O) groups excluding carboxylic acids is 3. The van der Waals surface area contributed by atoms with E-state index < -0.39 is 23.7 Å². The maximum absolute atomic E-state index is 12.8. The van der Waals surface area contributed by atoms with E-state index in [0.29, 0.717) is 25.9 Å². The van der Waals surface area contributed by atoms with E-state index in [4.69, 9.17) is 4.74 Å². The van der Waals surface area contributed by atoms with Crippen LogP contribution in [-0.2, 0) is 25.5 Å². The lowest BCUT2D eigenvalue weighted by atomic mass is 9.95. The Labute approximate surface area is 198 Å². The molecule has 184 valence electrons. The molecule has 3 amide bonds. The number of hydrogen-bond acceptors (Lipinski definition) is 5. The van der Waals surface area contributed by atoms with Gasteiger partial charge in [0.05, 0.1) is 0 Å². The minimum Gasteiger partial charge on any atom is -0.480 e. The van der Waals surface area contributed by atoms with Crippen LogP contribution in [0.25, 0.3) is 10.9 Å². The summed E-state index contributed by atoms with van der Waals surface area (Å²) in [6, 6.07) is 6.54. The molecule has 1 fully saturated rings. The summed E-state index contributed by atoms with van der Waals surface area (Å²) < 4.78 is 5.12. The molecule has 0 aliphatic carbocycles. The highest BCUT2D eigenvalue weighted by Gasteiger charge is 2.30. The fourth-order valence-electron chi connectivity index (χ4n) is 3.97. The molecule has 0 spiro atoms. The quantitative estimate of drug-likeness (QED) is 0.486. The van der Waals surface area contributed by atoms with Crippen LogP contribution < -0.4 is 10.6 Å². The molecule has 0 radical (unpaired) electrons. The third-order valence-corrected chi connectivity index (χ3v) is 5.71. The van der Waals surface area contributed by atoms with Crippen molar-refractivity contribution in [2.75, 3.05) is 19.6 Å². The van der Waals surface area contributed by atoms with Gasteiger partial charge >= 0.3 is 12.1 Å². The predicted octanol–water partition coefficient (Wildman–Crippen LogP) is 2.04. The Hall–Kier alpha value is -3.56. The molecule has 1 aromatic carbocycles. The smallest absolute Gasteiger partial charge is 0.408 e. The summed E-state index contributed by atoms with van der Waals surface area (Å²) in [7, 11) is 0. The van der Waals surface area contributed by atoms with Crippen LogP contribution in [0.5, 0.6) is 0 Å². The van der Waals surface area contributed by atoms with Gasteiger partial charge < -0.3 is 30.4 Å². The van der Waals surface area contributed by atoms with Crippen LogP contribution in [0, 0.1) is 5.92 Å². The van der Waals surface area contributed by atoms with E-state index in [1.807, 2.05) is 24.3 Å². The van der Waals surface area contributed by atoms with Crippen molar-refractivity contribution in [3.05, 3.63) is 36.0 Å².